The number of nitrogens with one attached hydrogen (secondary N) is 2. The molecule has 0 aromatic heterocycles. The Morgan fingerprint density at radius 3 is 2.48 bits per heavy atom. The minimum atomic E-state index is -0.110. The van der Waals surface area contributed by atoms with Crippen LogP contribution >= 0.6 is 11.6 Å². The minimum Gasteiger partial charge on any atom is -0.497 e. The number of methoxy groups -OCH3 is 1. The van der Waals surface area contributed by atoms with Gasteiger partial charge in [-0.2, -0.15) is 0 Å². The van der Waals surface area contributed by atoms with Crippen molar-refractivity contribution in [2.75, 3.05) is 43.5 Å². The molecule has 1 aliphatic rings. The second-order valence-corrected chi connectivity index (χ2v) is 7.45. The van der Waals surface area contributed by atoms with Crippen LogP contribution in [0, 0.1) is 6.92 Å². The molecule has 1 saturated heterocycles. The third kappa shape index (κ3) is 4.73. The van der Waals surface area contributed by atoms with E-state index in [0.29, 0.717) is 5.02 Å². The second-order valence-electron chi connectivity index (χ2n) is 7.01. The molecule has 1 heterocycles. The van der Waals surface area contributed by atoms with Gasteiger partial charge in [-0.05, 0) is 55.8 Å². The summed E-state index contributed by atoms with van der Waals surface area (Å²) in [5.41, 5.74) is 3.00. The maximum Gasteiger partial charge on any atom is 0.282 e. The largest absolute Gasteiger partial charge is 0.497 e. The fourth-order valence-corrected chi connectivity index (χ4v) is 3.61. The van der Waals surface area contributed by atoms with Gasteiger partial charge in [0.2, 0.25) is 0 Å². The van der Waals surface area contributed by atoms with Crippen molar-refractivity contribution in [1.29, 1.82) is 0 Å². The first-order valence-corrected chi connectivity index (χ1v) is 9.66. The van der Waals surface area contributed by atoms with Gasteiger partial charge in [-0.25, -0.2) is 0 Å². The third-order valence-electron chi connectivity index (χ3n) is 5.31. The number of nitrogens with zero attached hydrogens (tertiary/aromatic N) is 1. The molecule has 3 rings (SSSR count). The summed E-state index contributed by atoms with van der Waals surface area (Å²) in [7, 11) is 1.68. The average Bonchev–Trinajstić information content (AvgIpc) is 2.70. The zero-order valence-electron chi connectivity index (χ0n) is 16.1. The molecule has 27 heavy (non-hydrogen) atoms. The Morgan fingerprint density at radius 2 is 1.85 bits per heavy atom. The first-order valence-electron chi connectivity index (χ1n) is 9.28. The van der Waals surface area contributed by atoms with Gasteiger partial charge >= 0.3 is 0 Å². The number of halogens is 1. The van der Waals surface area contributed by atoms with Crippen LogP contribution in [-0.2, 0) is 4.79 Å². The molecule has 144 valence electrons. The number of benzene rings is 2. The smallest absolute Gasteiger partial charge is 0.282 e. The van der Waals surface area contributed by atoms with Crippen LogP contribution < -0.4 is 19.9 Å². The highest BCUT2D eigenvalue weighted by atomic mass is 35.5. The molecule has 0 bridgehead atoms. The topological polar surface area (TPSA) is 46.0 Å². The van der Waals surface area contributed by atoms with Crippen molar-refractivity contribution >= 4 is 28.9 Å². The minimum absolute atomic E-state index is 0.0354. The first-order chi connectivity index (χ1) is 13.0. The lowest BCUT2D eigenvalue weighted by molar-refractivity contribution is -0.914. The van der Waals surface area contributed by atoms with Crippen LogP contribution in [0.4, 0.5) is 11.4 Å². The van der Waals surface area contributed by atoms with E-state index >= 15 is 0 Å². The number of aryl methyl sites for hydroxylation is 1. The van der Waals surface area contributed by atoms with E-state index in [1.54, 1.807) is 13.2 Å². The van der Waals surface area contributed by atoms with E-state index in [1.807, 2.05) is 38.1 Å². The molecule has 1 atom stereocenters. The number of rotatable bonds is 5. The van der Waals surface area contributed by atoms with E-state index in [1.165, 1.54) is 10.6 Å². The van der Waals surface area contributed by atoms with Crippen LogP contribution in [0.1, 0.15) is 12.5 Å². The Bertz CT molecular complexity index is 787. The van der Waals surface area contributed by atoms with E-state index in [-0.39, 0.29) is 11.9 Å². The third-order valence-corrected chi connectivity index (χ3v) is 5.54. The Kier molecular flexibility index (Phi) is 6.24. The predicted octanol–water partition coefficient (Wildman–Crippen LogP) is 2.39. The lowest BCUT2D eigenvalue weighted by atomic mass is 10.1. The standard InChI is InChI=1S/C21H26ClN3O2/c1-15-4-5-17(22)14-20(15)23-21(26)16(2)24-10-12-25(13-11-24)18-6-8-19(27-3)9-7-18/h4-9,14,16H,10-13H2,1-3H3,(H,23,26)/p+1/t16-/m0/s1. The highest BCUT2D eigenvalue weighted by Gasteiger charge is 2.29. The molecule has 0 saturated carbocycles. The van der Waals surface area contributed by atoms with E-state index < -0.39 is 0 Å². The van der Waals surface area contributed by atoms with Gasteiger partial charge in [0.05, 0.1) is 33.3 Å². The van der Waals surface area contributed by atoms with Crippen molar-refractivity contribution in [3.8, 4) is 5.75 Å². The van der Waals surface area contributed by atoms with Crippen LogP contribution in [0.3, 0.4) is 0 Å². The Hall–Kier alpha value is -2.24. The number of hydrogen-bond donors (Lipinski definition) is 2. The second kappa shape index (κ2) is 8.63. The zero-order chi connectivity index (χ0) is 19.4. The molecular weight excluding hydrogens is 362 g/mol. The quantitative estimate of drug-likeness (QED) is 0.826. The van der Waals surface area contributed by atoms with E-state index in [4.69, 9.17) is 16.3 Å². The van der Waals surface area contributed by atoms with Crippen molar-refractivity contribution in [3.05, 3.63) is 53.1 Å². The summed E-state index contributed by atoms with van der Waals surface area (Å²) in [5, 5.41) is 3.66. The molecule has 0 aliphatic carbocycles. The molecule has 6 heteroatoms. The summed E-state index contributed by atoms with van der Waals surface area (Å²) in [6.07, 6.45) is 0. The van der Waals surface area contributed by atoms with Crippen molar-refractivity contribution in [3.63, 3.8) is 0 Å². The first kappa shape index (κ1) is 19.5. The Balaban J connectivity index is 1.56. The molecule has 2 aromatic rings. The molecule has 0 radical (unpaired) electrons. The number of carbonyl (C=O) groups is 1. The van der Waals surface area contributed by atoms with Crippen molar-refractivity contribution in [2.45, 2.75) is 19.9 Å². The lowest BCUT2D eigenvalue weighted by Crippen LogP contribution is -3.19. The molecule has 1 fully saturated rings. The molecule has 2 N–H and O–H groups in total. The molecular formula is C21H27ClN3O2+. The summed E-state index contributed by atoms with van der Waals surface area (Å²) < 4.78 is 5.22. The maximum absolute atomic E-state index is 12.7. The van der Waals surface area contributed by atoms with Gasteiger partial charge in [-0.3, -0.25) is 4.79 Å². The summed E-state index contributed by atoms with van der Waals surface area (Å²) in [5.74, 6) is 0.901. The molecule has 1 aliphatic heterocycles. The van der Waals surface area contributed by atoms with Crippen LogP contribution in [-0.4, -0.2) is 45.2 Å². The van der Waals surface area contributed by atoms with E-state index in [2.05, 4.69) is 22.3 Å². The van der Waals surface area contributed by atoms with Gasteiger partial charge in [-0.1, -0.05) is 17.7 Å². The zero-order valence-corrected chi connectivity index (χ0v) is 16.8. The Morgan fingerprint density at radius 1 is 1.19 bits per heavy atom. The molecule has 1 amide bonds. The van der Waals surface area contributed by atoms with Crippen LogP contribution in [0.25, 0.3) is 0 Å². The average molecular weight is 389 g/mol. The van der Waals surface area contributed by atoms with E-state index in [9.17, 15) is 4.79 Å². The van der Waals surface area contributed by atoms with Gasteiger partial charge < -0.3 is 19.9 Å². The van der Waals surface area contributed by atoms with Crippen molar-refractivity contribution < 1.29 is 14.4 Å². The van der Waals surface area contributed by atoms with Crippen LogP contribution in [0.5, 0.6) is 5.75 Å². The Labute approximate surface area is 165 Å². The van der Waals surface area contributed by atoms with E-state index in [0.717, 1.165) is 43.2 Å². The summed E-state index contributed by atoms with van der Waals surface area (Å²) in [4.78, 5) is 16.4. The predicted molar refractivity (Wildman–Crippen MR) is 110 cm³/mol. The van der Waals surface area contributed by atoms with Gasteiger partial charge in [0.15, 0.2) is 6.04 Å². The van der Waals surface area contributed by atoms with Crippen LogP contribution in [0.15, 0.2) is 42.5 Å². The van der Waals surface area contributed by atoms with Crippen LogP contribution in [0.2, 0.25) is 5.02 Å². The summed E-state index contributed by atoms with van der Waals surface area (Å²) in [6.45, 7) is 7.67. The number of ether oxygens (including phenoxy) is 1. The van der Waals surface area contributed by atoms with Gasteiger partial charge in [0, 0.05) is 16.4 Å². The lowest BCUT2D eigenvalue weighted by Gasteiger charge is -2.36. The maximum atomic E-state index is 12.7. The summed E-state index contributed by atoms with van der Waals surface area (Å²) >= 11 is 6.05. The highest BCUT2D eigenvalue weighted by Crippen LogP contribution is 2.21. The van der Waals surface area contributed by atoms with Gasteiger partial charge in [0.1, 0.15) is 5.75 Å². The molecule has 5 nitrogen and oxygen atoms in total. The molecule has 0 unspecified atom stereocenters. The fraction of sp³-hybridized carbons (Fsp3) is 0.381. The monoisotopic (exact) mass is 388 g/mol. The highest BCUT2D eigenvalue weighted by molar-refractivity contribution is 6.31. The van der Waals surface area contributed by atoms with Gasteiger partial charge in [-0.15, -0.1) is 0 Å². The van der Waals surface area contributed by atoms with Crippen molar-refractivity contribution in [2.24, 2.45) is 0 Å². The normalized spacial score (nSPS) is 16.1. The van der Waals surface area contributed by atoms with Crippen molar-refractivity contribution in [1.82, 2.24) is 0 Å². The number of hydrogen-bond acceptors (Lipinski definition) is 3. The SMILES string of the molecule is COc1ccc(N2CC[NH+]([C@@H](C)C(=O)Nc3cc(Cl)ccc3C)CC2)cc1. The number of anilines is 2. The number of quaternary nitrogens is 1. The number of amides is 1. The molecule has 2 aromatic carbocycles. The fourth-order valence-electron chi connectivity index (χ4n) is 3.43. The number of carbonyl (C=O) groups excluding carboxylic acids is 1. The summed E-state index contributed by atoms with van der Waals surface area (Å²) in [6, 6.07) is 13.6. The number of piperazine rings is 1. The molecule has 0 spiro atoms. The van der Waals surface area contributed by atoms with Gasteiger partial charge in [0.25, 0.3) is 5.91 Å².